The number of oxazole rings is 1. The summed E-state index contributed by atoms with van der Waals surface area (Å²) in [5.41, 5.74) is 0.880. The van der Waals surface area contributed by atoms with Crippen molar-refractivity contribution in [3.05, 3.63) is 99.6 Å². The number of aromatic nitrogens is 2. The summed E-state index contributed by atoms with van der Waals surface area (Å²) in [6.45, 7) is 9.96. The van der Waals surface area contributed by atoms with E-state index in [2.05, 4.69) is 40.9 Å². The van der Waals surface area contributed by atoms with Crippen LogP contribution in [0.2, 0.25) is 0 Å². The van der Waals surface area contributed by atoms with Gasteiger partial charge in [0.25, 0.3) is 11.5 Å². The molecular formula is C34H39F2N5O3. The van der Waals surface area contributed by atoms with E-state index < -0.39 is 23.3 Å². The third-order valence-corrected chi connectivity index (χ3v) is 9.17. The maximum Gasteiger partial charge on any atom is 0.262 e. The number of carbonyl (C=O) groups excluding carboxylic acids is 1. The Bertz CT molecular complexity index is 1700. The van der Waals surface area contributed by atoms with Crippen molar-refractivity contribution >= 4 is 16.7 Å². The lowest BCUT2D eigenvalue weighted by Crippen LogP contribution is -2.53. The number of carbonyl (C=O) groups is 1. The summed E-state index contributed by atoms with van der Waals surface area (Å²) >= 11 is 0. The van der Waals surface area contributed by atoms with Crippen molar-refractivity contribution in [2.75, 3.05) is 26.2 Å². The van der Waals surface area contributed by atoms with Gasteiger partial charge in [0.05, 0.1) is 23.2 Å². The largest absolute Gasteiger partial charge is 0.447 e. The molecule has 1 N–H and O–H groups in total. The highest BCUT2D eigenvalue weighted by Crippen LogP contribution is 2.38. The highest BCUT2D eigenvalue weighted by Gasteiger charge is 2.33. The number of nitrogens with zero attached hydrogens (tertiary/aromatic N) is 4. The molecule has 1 aliphatic heterocycles. The SMILES string of the molecule is CC(C)(C)N1CCN(Cc2c(C(=O)N[C@H](c3cccc(F)c3)C3CCC3)c3cccc(F)c3c(=O)n2Cc2ncco2)CC1. The summed E-state index contributed by atoms with van der Waals surface area (Å²) in [6, 6.07) is 10.3. The van der Waals surface area contributed by atoms with E-state index in [1.54, 1.807) is 12.1 Å². The van der Waals surface area contributed by atoms with Crippen molar-refractivity contribution in [1.29, 1.82) is 0 Å². The van der Waals surface area contributed by atoms with Crippen LogP contribution in [0.3, 0.4) is 0 Å². The summed E-state index contributed by atoms with van der Waals surface area (Å²) in [7, 11) is 0. The maximum absolute atomic E-state index is 15.4. The Balaban J connectivity index is 1.46. The van der Waals surface area contributed by atoms with Gasteiger partial charge in [-0.3, -0.25) is 19.4 Å². The zero-order valence-corrected chi connectivity index (χ0v) is 25.5. The summed E-state index contributed by atoms with van der Waals surface area (Å²) in [4.78, 5) is 37.3. The fourth-order valence-corrected chi connectivity index (χ4v) is 6.50. The van der Waals surface area contributed by atoms with E-state index in [9.17, 15) is 14.0 Å². The second-order valence-electron chi connectivity index (χ2n) is 12.9. The van der Waals surface area contributed by atoms with Crippen LogP contribution in [0.4, 0.5) is 8.78 Å². The van der Waals surface area contributed by atoms with E-state index in [0.29, 0.717) is 17.8 Å². The summed E-state index contributed by atoms with van der Waals surface area (Å²) < 4.78 is 36.7. The first kappa shape index (κ1) is 30.1. The monoisotopic (exact) mass is 603 g/mol. The average Bonchev–Trinajstić information content (AvgIpc) is 3.47. The van der Waals surface area contributed by atoms with Gasteiger partial charge < -0.3 is 14.3 Å². The van der Waals surface area contributed by atoms with Gasteiger partial charge in [0, 0.05) is 49.3 Å². The predicted molar refractivity (Wildman–Crippen MR) is 164 cm³/mol. The Labute approximate surface area is 255 Å². The Hall–Kier alpha value is -3.89. The van der Waals surface area contributed by atoms with Crippen LogP contribution < -0.4 is 10.9 Å². The molecule has 1 aliphatic carbocycles. The van der Waals surface area contributed by atoms with Crippen LogP contribution in [-0.2, 0) is 13.1 Å². The van der Waals surface area contributed by atoms with Gasteiger partial charge in [-0.05, 0) is 63.3 Å². The number of nitrogens with one attached hydrogen (secondary N) is 1. The number of benzene rings is 2. The van der Waals surface area contributed by atoms with Crippen molar-refractivity contribution in [3.63, 3.8) is 0 Å². The van der Waals surface area contributed by atoms with Crippen LogP contribution in [0, 0.1) is 17.6 Å². The molecule has 2 aliphatic rings. The molecule has 4 aromatic rings. The first-order chi connectivity index (χ1) is 21.1. The number of fused-ring (bicyclic) bond motifs is 1. The Morgan fingerprint density at radius 3 is 2.45 bits per heavy atom. The maximum atomic E-state index is 15.4. The summed E-state index contributed by atoms with van der Waals surface area (Å²) in [5, 5.41) is 3.29. The first-order valence-corrected chi connectivity index (χ1v) is 15.4. The lowest BCUT2D eigenvalue weighted by Gasteiger charge is -2.42. The zero-order chi connectivity index (χ0) is 31.0. The fraction of sp³-hybridized carbons (Fsp3) is 0.441. The van der Waals surface area contributed by atoms with E-state index in [1.165, 1.54) is 41.3 Å². The second-order valence-corrected chi connectivity index (χ2v) is 12.9. The molecule has 0 radical (unpaired) electrons. The average molecular weight is 604 g/mol. The van der Waals surface area contributed by atoms with Crippen LogP contribution in [0.1, 0.15) is 73.6 Å². The molecule has 1 atom stereocenters. The van der Waals surface area contributed by atoms with E-state index in [4.69, 9.17) is 4.42 Å². The molecule has 10 heteroatoms. The molecule has 8 nitrogen and oxygen atoms in total. The number of halogens is 2. The van der Waals surface area contributed by atoms with Crippen LogP contribution in [0.5, 0.6) is 0 Å². The van der Waals surface area contributed by atoms with E-state index in [0.717, 1.165) is 45.4 Å². The highest BCUT2D eigenvalue weighted by atomic mass is 19.1. The quantitative estimate of drug-likeness (QED) is 0.286. The van der Waals surface area contributed by atoms with Gasteiger partial charge in [0.1, 0.15) is 24.4 Å². The zero-order valence-electron chi connectivity index (χ0n) is 25.5. The molecule has 2 aromatic carbocycles. The number of hydrogen-bond acceptors (Lipinski definition) is 6. The number of piperazine rings is 1. The minimum Gasteiger partial charge on any atom is -0.447 e. The van der Waals surface area contributed by atoms with Crippen molar-refractivity contribution < 1.29 is 18.0 Å². The Morgan fingerprint density at radius 1 is 1.07 bits per heavy atom. The molecule has 1 saturated carbocycles. The molecule has 0 spiro atoms. The first-order valence-electron chi connectivity index (χ1n) is 15.4. The number of hydrogen-bond donors (Lipinski definition) is 1. The van der Waals surface area contributed by atoms with E-state index >= 15 is 4.39 Å². The van der Waals surface area contributed by atoms with Crippen LogP contribution >= 0.6 is 0 Å². The van der Waals surface area contributed by atoms with Crippen molar-refractivity contribution in [2.45, 2.75) is 64.7 Å². The van der Waals surface area contributed by atoms with E-state index in [1.807, 2.05) is 6.07 Å². The molecular weight excluding hydrogens is 564 g/mol. The summed E-state index contributed by atoms with van der Waals surface area (Å²) in [6.07, 6.45) is 5.76. The third kappa shape index (κ3) is 6.05. The lowest BCUT2D eigenvalue weighted by molar-refractivity contribution is 0.0577. The third-order valence-electron chi connectivity index (χ3n) is 9.17. The Morgan fingerprint density at radius 2 is 1.82 bits per heavy atom. The molecule has 44 heavy (non-hydrogen) atoms. The van der Waals surface area contributed by atoms with Crippen molar-refractivity contribution in [3.8, 4) is 0 Å². The minimum atomic E-state index is -0.700. The molecule has 1 amide bonds. The molecule has 1 saturated heterocycles. The second kappa shape index (κ2) is 12.2. The van der Waals surface area contributed by atoms with E-state index in [-0.39, 0.29) is 46.0 Å². The van der Waals surface area contributed by atoms with Gasteiger partial charge >= 0.3 is 0 Å². The topological polar surface area (TPSA) is 83.6 Å². The molecule has 2 aromatic heterocycles. The van der Waals surface area contributed by atoms with Gasteiger partial charge in [0.2, 0.25) is 5.89 Å². The smallest absolute Gasteiger partial charge is 0.262 e. The molecule has 2 fully saturated rings. The van der Waals surface area contributed by atoms with Gasteiger partial charge in [-0.25, -0.2) is 13.8 Å². The van der Waals surface area contributed by atoms with Crippen molar-refractivity contribution in [2.24, 2.45) is 5.92 Å². The summed E-state index contributed by atoms with van der Waals surface area (Å²) in [5.74, 6) is -1.07. The number of pyridine rings is 1. The van der Waals surface area contributed by atoms with Crippen LogP contribution in [0.15, 0.2) is 64.1 Å². The van der Waals surface area contributed by atoms with Crippen molar-refractivity contribution in [1.82, 2.24) is 24.7 Å². The minimum absolute atomic E-state index is 0.0259. The Kier molecular flexibility index (Phi) is 8.39. The lowest BCUT2D eigenvalue weighted by atomic mass is 9.77. The predicted octanol–water partition coefficient (Wildman–Crippen LogP) is 5.50. The molecule has 232 valence electrons. The molecule has 3 heterocycles. The number of amides is 1. The fourth-order valence-electron chi connectivity index (χ4n) is 6.50. The molecule has 0 bridgehead atoms. The molecule has 6 rings (SSSR count). The number of rotatable bonds is 8. The highest BCUT2D eigenvalue weighted by molar-refractivity contribution is 6.08. The van der Waals surface area contributed by atoms with Crippen LogP contribution in [-0.4, -0.2) is 57.0 Å². The normalized spacial score (nSPS) is 17.5. The molecule has 0 unspecified atom stereocenters. The van der Waals surface area contributed by atoms with Crippen LogP contribution in [0.25, 0.3) is 10.8 Å². The van der Waals surface area contributed by atoms with Gasteiger partial charge in [-0.1, -0.05) is 30.7 Å². The standard InChI is InChI=1S/C34H39F2N5O3/c1-34(2,3)40-16-14-39(15-17-40)20-27-30(32(42)38-31(22-7-4-8-22)23-9-5-10-24(35)19-23)25-11-6-12-26(36)29(25)33(43)41(27)21-28-37-13-18-44-28/h5-6,9-13,18-19,22,31H,4,7-8,14-17,20-21H2,1-3H3,(H,38,42)/t31-/m0/s1. The van der Waals surface area contributed by atoms with Gasteiger partial charge in [-0.2, -0.15) is 0 Å². The van der Waals surface area contributed by atoms with Gasteiger partial charge in [0.15, 0.2) is 0 Å². The van der Waals surface area contributed by atoms with Gasteiger partial charge in [-0.15, -0.1) is 0 Å².